The van der Waals surface area contributed by atoms with Crippen LogP contribution in [-0.2, 0) is 12.8 Å². The number of piperidine rings is 1. The van der Waals surface area contributed by atoms with Gasteiger partial charge in [-0.1, -0.05) is 24.3 Å². The van der Waals surface area contributed by atoms with E-state index in [1.807, 2.05) is 19.1 Å². The molecule has 1 aromatic carbocycles. The molecule has 1 aliphatic carbocycles. The van der Waals surface area contributed by atoms with E-state index in [0.717, 1.165) is 62.3 Å². The highest BCUT2D eigenvalue weighted by Crippen LogP contribution is 2.25. The van der Waals surface area contributed by atoms with Gasteiger partial charge in [-0.3, -0.25) is 4.79 Å². The molecule has 3 heterocycles. The number of methoxy groups -OCH3 is 1. The Balaban J connectivity index is 1.15. The molecule has 8 heteroatoms. The predicted molar refractivity (Wildman–Crippen MR) is 133 cm³/mol. The van der Waals surface area contributed by atoms with Crippen molar-refractivity contribution in [3.05, 3.63) is 71.0 Å². The van der Waals surface area contributed by atoms with E-state index < -0.39 is 0 Å². The quantitative estimate of drug-likeness (QED) is 0.586. The van der Waals surface area contributed by atoms with Crippen molar-refractivity contribution in [2.24, 2.45) is 0 Å². The van der Waals surface area contributed by atoms with Crippen LogP contribution in [0.5, 0.6) is 11.6 Å². The van der Waals surface area contributed by atoms with Crippen molar-refractivity contribution < 1.29 is 14.3 Å². The highest BCUT2D eigenvalue weighted by atomic mass is 16.5. The number of amides is 1. The molecule has 0 bridgehead atoms. The average Bonchev–Trinajstić information content (AvgIpc) is 2.89. The minimum absolute atomic E-state index is 0.124. The molecule has 1 fully saturated rings. The molecule has 35 heavy (non-hydrogen) atoms. The first-order valence-corrected chi connectivity index (χ1v) is 12.2. The van der Waals surface area contributed by atoms with Gasteiger partial charge in [0.05, 0.1) is 13.3 Å². The highest BCUT2D eigenvalue weighted by molar-refractivity contribution is 5.92. The molecule has 2 aliphatic rings. The van der Waals surface area contributed by atoms with E-state index >= 15 is 0 Å². The lowest BCUT2D eigenvalue weighted by Gasteiger charge is -2.33. The number of carbonyl (C=O) groups is 1. The van der Waals surface area contributed by atoms with Gasteiger partial charge in [0.15, 0.2) is 11.5 Å². The summed E-state index contributed by atoms with van der Waals surface area (Å²) in [6, 6.07) is 14.1. The monoisotopic (exact) mass is 473 g/mol. The van der Waals surface area contributed by atoms with Crippen molar-refractivity contribution >= 4 is 11.7 Å². The molecule has 0 unspecified atom stereocenters. The lowest BCUT2D eigenvalue weighted by Crippen LogP contribution is -2.40. The SMILES string of the molecule is COc1ccc(OC2CCN(c3nnc(C(=O)N[C@H]4CCc5ccccc5C4)cc3C)CC2)cn1. The Morgan fingerprint density at radius 2 is 1.86 bits per heavy atom. The molecule has 0 saturated carbocycles. The van der Waals surface area contributed by atoms with E-state index in [2.05, 4.69) is 49.7 Å². The van der Waals surface area contributed by atoms with Crippen LogP contribution in [0.4, 0.5) is 5.82 Å². The van der Waals surface area contributed by atoms with Crippen LogP contribution in [0, 0.1) is 6.92 Å². The first-order valence-electron chi connectivity index (χ1n) is 12.2. The maximum absolute atomic E-state index is 12.9. The first-order chi connectivity index (χ1) is 17.1. The molecule has 1 atom stereocenters. The second kappa shape index (κ2) is 10.3. The van der Waals surface area contributed by atoms with Crippen molar-refractivity contribution in [3.8, 4) is 11.6 Å². The normalized spacial score (nSPS) is 18.0. The molecule has 1 amide bonds. The Morgan fingerprint density at radius 1 is 1.06 bits per heavy atom. The summed E-state index contributed by atoms with van der Waals surface area (Å²) < 4.78 is 11.2. The second-order valence-corrected chi connectivity index (χ2v) is 9.26. The Morgan fingerprint density at radius 3 is 2.57 bits per heavy atom. The number of hydrogen-bond acceptors (Lipinski definition) is 7. The molecule has 0 spiro atoms. The molecule has 8 nitrogen and oxygen atoms in total. The fourth-order valence-corrected chi connectivity index (χ4v) is 4.92. The highest BCUT2D eigenvalue weighted by Gasteiger charge is 2.25. The van der Waals surface area contributed by atoms with Gasteiger partial charge in [-0.2, -0.15) is 0 Å². The third-order valence-electron chi connectivity index (χ3n) is 6.84. The van der Waals surface area contributed by atoms with Crippen LogP contribution in [0.15, 0.2) is 48.7 Å². The van der Waals surface area contributed by atoms with Crippen molar-refractivity contribution in [2.75, 3.05) is 25.1 Å². The third kappa shape index (κ3) is 5.37. The summed E-state index contributed by atoms with van der Waals surface area (Å²) in [6.45, 7) is 3.62. The van der Waals surface area contributed by atoms with Crippen LogP contribution >= 0.6 is 0 Å². The average molecular weight is 474 g/mol. The molecule has 182 valence electrons. The van der Waals surface area contributed by atoms with Gasteiger partial charge in [-0.05, 0) is 55.0 Å². The largest absolute Gasteiger partial charge is 0.489 e. The number of nitrogens with zero attached hydrogens (tertiary/aromatic N) is 4. The lowest BCUT2D eigenvalue weighted by atomic mass is 9.88. The Bertz CT molecular complexity index is 1180. The van der Waals surface area contributed by atoms with Crippen molar-refractivity contribution in [1.29, 1.82) is 0 Å². The molecule has 1 aliphatic heterocycles. The molecule has 0 radical (unpaired) electrons. The number of ether oxygens (including phenoxy) is 2. The summed E-state index contributed by atoms with van der Waals surface area (Å²) in [5, 5.41) is 11.9. The van der Waals surface area contributed by atoms with Gasteiger partial charge < -0.3 is 19.7 Å². The number of aryl methyl sites for hydroxylation is 2. The van der Waals surface area contributed by atoms with E-state index in [1.54, 1.807) is 19.4 Å². The van der Waals surface area contributed by atoms with Crippen molar-refractivity contribution in [1.82, 2.24) is 20.5 Å². The lowest BCUT2D eigenvalue weighted by molar-refractivity contribution is 0.0927. The Hall–Kier alpha value is -3.68. The topological polar surface area (TPSA) is 89.5 Å². The van der Waals surface area contributed by atoms with Gasteiger partial charge >= 0.3 is 0 Å². The number of fused-ring (bicyclic) bond motifs is 1. The van der Waals surface area contributed by atoms with Crippen LogP contribution in [0.25, 0.3) is 0 Å². The zero-order chi connectivity index (χ0) is 24.2. The molecular formula is C27H31N5O3. The van der Waals surface area contributed by atoms with Gasteiger partial charge in [0.25, 0.3) is 5.91 Å². The molecule has 1 N–H and O–H groups in total. The maximum Gasteiger partial charge on any atom is 0.272 e. The zero-order valence-corrected chi connectivity index (χ0v) is 20.2. The Labute approximate surface area is 205 Å². The van der Waals surface area contributed by atoms with Crippen LogP contribution in [0.1, 0.15) is 46.4 Å². The predicted octanol–water partition coefficient (Wildman–Crippen LogP) is 3.52. The summed E-state index contributed by atoms with van der Waals surface area (Å²) in [7, 11) is 1.60. The van der Waals surface area contributed by atoms with E-state index in [0.29, 0.717) is 11.6 Å². The number of rotatable bonds is 6. The Kier molecular flexibility index (Phi) is 6.79. The zero-order valence-electron chi connectivity index (χ0n) is 20.2. The number of aromatic nitrogens is 3. The number of benzene rings is 1. The fraction of sp³-hybridized carbons (Fsp3) is 0.407. The maximum atomic E-state index is 12.9. The molecule has 5 rings (SSSR count). The van der Waals surface area contributed by atoms with Gasteiger partial charge in [0, 0.05) is 38.0 Å². The molecular weight excluding hydrogens is 442 g/mol. The summed E-state index contributed by atoms with van der Waals surface area (Å²) >= 11 is 0. The second-order valence-electron chi connectivity index (χ2n) is 9.26. The van der Waals surface area contributed by atoms with E-state index in [4.69, 9.17) is 9.47 Å². The van der Waals surface area contributed by atoms with Crippen LogP contribution in [-0.4, -0.2) is 53.4 Å². The van der Waals surface area contributed by atoms with Gasteiger partial charge in [-0.25, -0.2) is 4.98 Å². The van der Waals surface area contributed by atoms with Crippen molar-refractivity contribution in [2.45, 2.75) is 51.2 Å². The summed E-state index contributed by atoms with van der Waals surface area (Å²) in [5.41, 5.74) is 4.03. The minimum Gasteiger partial charge on any atom is -0.489 e. The van der Waals surface area contributed by atoms with E-state index in [9.17, 15) is 4.79 Å². The van der Waals surface area contributed by atoms with Crippen LogP contribution in [0.3, 0.4) is 0 Å². The molecule has 2 aromatic heterocycles. The first kappa shape index (κ1) is 23.1. The van der Waals surface area contributed by atoms with Crippen molar-refractivity contribution in [3.63, 3.8) is 0 Å². The fourth-order valence-electron chi connectivity index (χ4n) is 4.92. The van der Waals surface area contributed by atoms with Gasteiger partial charge in [0.1, 0.15) is 11.9 Å². The standard InChI is InChI=1S/C27H31N5O3/c1-18-15-24(27(33)29-21-8-7-19-5-3-4-6-20(19)16-21)30-31-26(18)32-13-11-22(12-14-32)35-23-9-10-25(34-2)28-17-23/h3-6,9-10,15,17,21-22H,7-8,11-14,16H2,1-2H3,(H,29,33)/t21-/m0/s1. The third-order valence-corrected chi connectivity index (χ3v) is 6.84. The summed E-state index contributed by atoms with van der Waals surface area (Å²) in [4.78, 5) is 19.3. The van der Waals surface area contributed by atoms with Crippen LogP contribution in [0.2, 0.25) is 0 Å². The van der Waals surface area contributed by atoms with Gasteiger partial charge in [-0.15, -0.1) is 10.2 Å². The van der Waals surface area contributed by atoms with E-state index in [-0.39, 0.29) is 18.1 Å². The molecule has 3 aromatic rings. The minimum atomic E-state index is -0.156. The molecule has 1 saturated heterocycles. The van der Waals surface area contributed by atoms with Gasteiger partial charge in [0.2, 0.25) is 5.88 Å². The number of carbonyl (C=O) groups excluding carboxylic acids is 1. The van der Waals surface area contributed by atoms with Crippen LogP contribution < -0.4 is 19.7 Å². The van der Waals surface area contributed by atoms with E-state index in [1.165, 1.54) is 11.1 Å². The number of pyridine rings is 1. The number of nitrogens with one attached hydrogen (secondary N) is 1. The summed E-state index contributed by atoms with van der Waals surface area (Å²) in [6.07, 6.45) is 6.35. The smallest absolute Gasteiger partial charge is 0.272 e. The number of hydrogen-bond donors (Lipinski definition) is 1. The number of anilines is 1. The summed E-state index contributed by atoms with van der Waals surface area (Å²) in [5.74, 6) is 1.99.